The van der Waals surface area contributed by atoms with Gasteiger partial charge in [-0.3, -0.25) is 4.79 Å². The van der Waals surface area contributed by atoms with Gasteiger partial charge in [-0.15, -0.1) is 0 Å². The highest BCUT2D eigenvalue weighted by atomic mass is 79.9. The van der Waals surface area contributed by atoms with Crippen molar-refractivity contribution in [1.82, 2.24) is 4.90 Å². The third-order valence-corrected chi connectivity index (χ3v) is 5.84. The third kappa shape index (κ3) is 1.91. The summed E-state index contributed by atoms with van der Waals surface area (Å²) >= 11 is 3.53. The zero-order chi connectivity index (χ0) is 16.4. The SMILES string of the molecule is COc1cc(Br)c2c3c1OC1C[C@@H](O)C=CC31CCN(C)C2=O. The summed E-state index contributed by atoms with van der Waals surface area (Å²) in [5.41, 5.74) is 1.15. The number of rotatable bonds is 1. The van der Waals surface area contributed by atoms with Crippen molar-refractivity contribution in [2.75, 3.05) is 20.7 Å². The van der Waals surface area contributed by atoms with Gasteiger partial charge in [0.1, 0.15) is 6.10 Å². The first-order valence-electron chi connectivity index (χ1n) is 7.68. The Morgan fingerprint density at radius 2 is 2.30 bits per heavy atom. The molecule has 23 heavy (non-hydrogen) atoms. The van der Waals surface area contributed by atoms with E-state index in [-0.39, 0.29) is 17.4 Å². The van der Waals surface area contributed by atoms with Gasteiger partial charge < -0.3 is 19.5 Å². The molecule has 0 fully saturated rings. The summed E-state index contributed by atoms with van der Waals surface area (Å²) in [5, 5.41) is 10.0. The van der Waals surface area contributed by atoms with E-state index < -0.39 is 6.10 Å². The van der Waals surface area contributed by atoms with E-state index in [4.69, 9.17) is 9.47 Å². The van der Waals surface area contributed by atoms with Crippen LogP contribution < -0.4 is 9.47 Å². The van der Waals surface area contributed by atoms with Crippen LogP contribution in [0.4, 0.5) is 0 Å². The number of methoxy groups -OCH3 is 1. The number of aliphatic hydroxyl groups excluding tert-OH is 1. The van der Waals surface area contributed by atoms with Gasteiger partial charge in [-0.1, -0.05) is 12.2 Å². The Morgan fingerprint density at radius 1 is 1.52 bits per heavy atom. The number of halogens is 1. The van der Waals surface area contributed by atoms with Gasteiger partial charge in [0.15, 0.2) is 11.5 Å². The molecule has 1 N–H and O–H groups in total. The highest BCUT2D eigenvalue weighted by Crippen LogP contribution is 2.57. The van der Waals surface area contributed by atoms with Crippen molar-refractivity contribution < 1.29 is 19.4 Å². The molecule has 1 aliphatic carbocycles. The molecule has 0 radical (unpaired) electrons. The Kier molecular flexibility index (Phi) is 3.25. The Morgan fingerprint density at radius 3 is 3.04 bits per heavy atom. The molecule has 0 saturated heterocycles. The van der Waals surface area contributed by atoms with Crippen LogP contribution in [-0.4, -0.2) is 48.8 Å². The minimum atomic E-state index is -0.519. The lowest BCUT2D eigenvalue weighted by atomic mass is 9.69. The second kappa shape index (κ2) is 4.98. The molecule has 2 heterocycles. The normalized spacial score (nSPS) is 31.3. The zero-order valence-corrected chi connectivity index (χ0v) is 14.6. The summed E-state index contributed by atoms with van der Waals surface area (Å²) in [4.78, 5) is 14.6. The van der Waals surface area contributed by atoms with Crippen LogP contribution in [0.1, 0.15) is 28.8 Å². The van der Waals surface area contributed by atoms with Gasteiger partial charge in [-0.2, -0.15) is 0 Å². The fourth-order valence-electron chi connectivity index (χ4n) is 3.98. The predicted octanol–water partition coefficient (Wildman–Crippen LogP) is 2.25. The first-order valence-corrected chi connectivity index (χ1v) is 8.47. The van der Waals surface area contributed by atoms with Crippen molar-refractivity contribution in [2.45, 2.75) is 30.5 Å². The molecular weight excluding hydrogens is 362 g/mol. The summed E-state index contributed by atoms with van der Waals surface area (Å²) in [6, 6.07) is 1.79. The van der Waals surface area contributed by atoms with E-state index in [0.29, 0.717) is 30.0 Å². The Hall–Kier alpha value is -1.53. The number of carbonyl (C=O) groups is 1. The largest absolute Gasteiger partial charge is 0.493 e. The molecule has 4 rings (SSSR count). The van der Waals surface area contributed by atoms with Crippen LogP contribution in [-0.2, 0) is 5.41 Å². The molecule has 3 aliphatic rings. The van der Waals surface area contributed by atoms with E-state index in [1.807, 2.05) is 19.2 Å². The van der Waals surface area contributed by atoms with Crippen molar-refractivity contribution in [2.24, 2.45) is 0 Å². The zero-order valence-electron chi connectivity index (χ0n) is 13.0. The molecule has 1 spiro atoms. The van der Waals surface area contributed by atoms with Crippen molar-refractivity contribution in [3.05, 3.63) is 33.8 Å². The van der Waals surface area contributed by atoms with Crippen molar-refractivity contribution in [1.29, 1.82) is 0 Å². The minimum absolute atomic E-state index is 0.0172. The van der Waals surface area contributed by atoms with E-state index in [1.165, 1.54) is 0 Å². The number of hydrogen-bond donors (Lipinski definition) is 1. The predicted molar refractivity (Wildman–Crippen MR) is 88.1 cm³/mol. The Balaban J connectivity index is 2.05. The highest BCUT2D eigenvalue weighted by Gasteiger charge is 2.54. The van der Waals surface area contributed by atoms with Crippen LogP contribution in [0.25, 0.3) is 0 Å². The lowest BCUT2D eigenvalue weighted by molar-refractivity contribution is 0.0730. The van der Waals surface area contributed by atoms with Gasteiger partial charge >= 0.3 is 0 Å². The van der Waals surface area contributed by atoms with Crippen molar-refractivity contribution >= 4 is 21.8 Å². The number of nitrogens with zero attached hydrogens (tertiary/aromatic N) is 1. The van der Waals surface area contributed by atoms with Crippen LogP contribution in [0, 0.1) is 0 Å². The smallest absolute Gasteiger partial charge is 0.255 e. The maximum atomic E-state index is 12.8. The van der Waals surface area contributed by atoms with Crippen LogP contribution in [0.15, 0.2) is 22.7 Å². The van der Waals surface area contributed by atoms with Gasteiger partial charge in [0, 0.05) is 30.0 Å². The van der Waals surface area contributed by atoms with Crippen LogP contribution >= 0.6 is 15.9 Å². The topological polar surface area (TPSA) is 59.0 Å². The second-order valence-corrected chi connectivity index (χ2v) is 7.28. The molecule has 122 valence electrons. The third-order valence-electron chi connectivity index (χ3n) is 5.21. The van der Waals surface area contributed by atoms with Crippen molar-refractivity contribution in [3.8, 4) is 11.5 Å². The highest BCUT2D eigenvalue weighted by molar-refractivity contribution is 9.10. The monoisotopic (exact) mass is 379 g/mol. The average Bonchev–Trinajstić information content (AvgIpc) is 2.80. The molecule has 3 atom stereocenters. The van der Waals surface area contributed by atoms with E-state index in [9.17, 15) is 9.90 Å². The molecule has 1 aromatic rings. The first kappa shape index (κ1) is 15.0. The molecule has 5 nitrogen and oxygen atoms in total. The summed E-state index contributed by atoms with van der Waals surface area (Å²) < 4.78 is 12.4. The summed E-state index contributed by atoms with van der Waals surface area (Å²) in [6.07, 6.45) is 4.43. The molecule has 1 aromatic carbocycles. The Bertz CT molecular complexity index is 732. The Labute approximate surface area is 143 Å². The number of amides is 1. The van der Waals surface area contributed by atoms with Gasteiger partial charge in [0.2, 0.25) is 0 Å². The first-order chi connectivity index (χ1) is 11.0. The van der Waals surface area contributed by atoms with Gasteiger partial charge in [-0.05, 0) is 28.4 Å². The summed E-state index contributed by atoms with van der Waals surface area (Å²) in [7, 11) is 3.42. The molecule has 0 saturated carbocycles. The van der Waals surface area contributed by atoms with E-state index >= 15 is 0 Å². The van der Waals surface area contributed by atoms with E-state index in [0.717, 1.165) is 16.5 Å². The molecule has 0 bridgehead atoms. The molecule has 0 aromatic heterocycles. The molecule has 6 heteroatoms. The summed E-state index contributed by atoms with van der Waals surface area (Å²) in [5.74, 6) is 1.24. The second-order valence-electron chi connectivity index (χ2n) is 6.43. The maximum absolute atomic E-state index is 12.8. The van der Waals surface area contributed by atoms with Crippen LogP contribution in [0.2, 0.25) is 0 Å². The fourth-order valence-corrected chi connectivity index (χ4v) is 4.56. The fraction of sp³-hybridized carbons (Fsp3) is 0.471. The van der Waals surface area contributed by atoms with E-state index in [2.05, 4.69) is 15.9 Å². The molecule has 2 unspecified atom stereocenters. The number of aliphatic hydroxyl groups is 1. The van der Waals surface area contributed by atoms with Crippen LogP contribution in [0.3, 0.4) is 0 Å². The van der Waals surface area contributed by atoms with Gasteiger partial charge in [-0.25, -0.2) is 0 Å². The van der Waals surface area contributed by atoms with Crippen molar-refractivity contribution in [3.63, 3.8) is 0 Å². The lowest BCUT2D eigenvalue weighted by Gasteiger charge is -2.35. The maximum Gasteiger partial charge on any atom is 0.255 e. The molecular formula is C17H18BrNO4. The summed E-state index contributed by atoms with van der Waals surface area (Å²) in [6.45, 7) is 0.641. The average molecular weight is 380 g/mol. The van der Waals surface area contributed by atoms with Crippen LogP contribution in [0.5, 0.6) is 11.5 Å². The lowest BCUT2D eigenvalue weighted by Crippen LogP contribution is -2.42. The quantitative estimate of drug-likeness (QED) is 0.760. The molecule has 2 aliphatic heterocycles. The number of carbonyl (C=O) groups excluding carboxylic acids is 1. The van der Waals surface area contributed by atoms with Gasteiger partial charge in [0.25, 0.3) is 5.91 Å². The number of benzene rings is 1. The molecule has 1 amide bonds. The standard InChI is InChI=1S/C17H18BrNO4/c1-19-6-5-17-4-3-9(20)7-12(17)23-15-11(22-2)8-10(18)13(14(15)17)16(19)21/h3-4,8-9,12,20H,5-7H2,1-2H3/t9-,12?,17?/m0/s1. The van der Waals surface area contributed by atoms with E-state index in [1.54, 1.807) is 18.1 Å². The number of hydrogen-bond acceptors (Lipinski definition) is 4. The number of ether oxygens (including phenoxy) is 2. The van der Waals surface area contributed by atoms with Gasteiger partial charge in [0.05, 0.1) is 24.2 Å². The minimum Gasteiger partial charge on any atom is -0.493 e.